The summed E-state index contributed by atoms with van der Waals surface area (Å²) in [6.07, 6.45) is 0. The summed E-state index contributed by atoms with van der Waals surface area (Å²) >= 11 is 0. The van der Waals surface area contributed by atoms with Gasteiger partial charge in [0.25, 0.3) is 0 Å². The summed E-state index contributed by atoms with van der Waals surface area (Å²) in [7, 11) is 0. The lowest BCUT2D eigenvalue weighted by Crippen LogP contribution is -2.48. The van der Waals surface area contributed by atoms with E-state index in [2.05, 4.69) is 10.6 Å². The molecule has 1 heterocycles. The Morgan fingerprint density at radius 3 is 2.60 bits per heavy atom. The number of phenols is 1. The Bertz CT molecular complexity index is 563. The van der Waals surface area contributed by atoms with Gasteiger partial charge in [0.15, 0.2) is 0 Å². The van der Waals surface area contributed by atoms with Crippen LogP contribution in [0.15, 0.2) is 29.8 Å². The Morgan fingerprint density at radius 1 is 1.35 bits per heavy atom. The summed E-state index contributed by atoms with van der Waals surface area (Å²) in [4.78, 5) is 23.6. The van der Waals surface area contributed by atoms with Gasteiger partial charge >= 0.3 is 12.0 Å². The van der Waals surface area contributed by atoms with E-state index < -0.39 is 12.0 Å². The number of carbonyl (C=O) groups is 2. The summed E-state index contributed by atoms with van der Waals surface area (Å²) in [5, 5.41) is 14.6. The molecule has 0 saturated heterocycles. The van der Waals surface area contributed by atoms with Crippen molar-refractivity contribution in [3.05, 3.63) is 35.4 Å². The van der Waals surface area contributed by atoms with Crippen molar-refractivity contribution in [2.45, 2.75) is 19.9 Å². The number of phenolic OH excluding ortho intramolecular Hbond substituents is 1. The van der Waals surface area contributed by atoms with Crippen LogP contribution >= 0.6 is 0 Å². The van der Waals surface area contributed by atoms with Crippen LogP contribution < -0.4 is 10.6 Å². The van der Waals surface area contributed by atoms with Crippen LogP contribution in [0.3, 0.4) is 0 Å². The maximum atomic E-state index is 12.0. The van der Waals surface area contributed by atoms with E-state index in [1.54, 1.807) is 26.0 Å². The molecule has 106 valence electrons. The standard InChI is InChI=1S/C14H16N2O4/c1-3-20-13(18)11-8(2)15-14(19)16-12(11)9-4-6-10(17)7-5-9/h4-8,17H,3H2,1-2H3,(H2,15,16,19)/t8-/m0/s1. The highest BCUT2D eigenvalue weighted by Gasteiger charge is 2.30. The predicted octanol–water partition coefficient (Wildman–Crippen LogP) is 1.37. The number of hydrogen-bond acceptors (Lipinski definition) is 4. The predicted molar refractivity (Wildman–Crippen MR) is 72.8 cm³/mol. The van der Waals surface area contributed by atoms with Crippen molar-refractivity contribution in [2.75, 3.05) is 6.61 Å². The highest BCUT2D eigenvalue weighted by atomic mass is 16.5. The number of aromatic hydroxyl groups is 1. The van der Waals surface area contributed by atoms with Gasteiger partial charge < -0.3 is 20.5 Å². The molecule has 0 aliphatic carbocycles. The number of amides is 2. The first-order chi connectivity index (χ1) is 9.52. The molecule has 0 bridgehead atoms. The van der Waals surface area contributed by atoms with E-state index >= 15 is 0 Å². The first-order valence-electron chi connectivity index (χ1n) is 6.31. The fourth-order valence-electron chi connectivity index (χ4n) is 2.05. The van der Waals surface area contributed by atoms with E-state index in [0.29, 0.717) is 16.8 Å². The topological polar surface area (TPSA) is 87.7 Å². The molecule has 0 unspecified atom stereocenters. The maximum absolute atomic E-state index is 12.0. The van der Waals surface area contributed by atoms with Crippen LogP contribution in [-0.4, -0.2) is 29.8 Å². The maximum Gasteiger partial charge on any atom is 0.338 e. The minimum absolute atomic E-state index is 0.111. The van der Waals surface area contributed by atoms with Gasteiger partial charge in [0, 0.05) is 0 Å². The molecule has 2 amide bonds. The number of hydrogen-bond donors (Lipinski definition) is 3. The van der Waals surface area contributed by atoms with Gasteiger partial charge in [-0.1, -0.05) is 0 Å². The average Bonchev–Trinajstić information content (AvgIpc) is 2.38. The zero-order valence-electron chi connectivity index (χ0n) is 11.3. The quantitative estimate of drug-likeness (QED) is 0.728. The minimum atomic E-state index is -0.476. The Labute approximate surface area is 116 Å². The molecule has 1 aromatic carbocycles. The monoisotopic (exact) mass is 276 g/mol. The van der Waals surface area contributed by atoms with Gasteiger partial charge in [0.05, 0.1) is 23.9 Å². The smallest absolute Gasteiger partial charge is 0.338 e. The number of urea groups is 1. The molecule has 0 saturated carbocycles. The van der Waals surface area contributed by atoms with E-state index in [4.69, 9.17) is 4.74 Å². The molecule has 0 aromatic heterocycles. The van der Waals surface area contributed by atoms with Crippen molar-refractivity contribution in [2.24, 2.45) is 0 Å². The lowest BCUT2D eigenvalue weighted by molar-refractivity contribution is -0.138. The van der Waals surface area contributed by atoms with E-state index in [9.17, 15) is 14.7 Å². The van der Waals surface area contributed by atoms with Crippen LogP contribution in [0.2, 0.25) is 0 Å². The van der Waals surface area contributed by atoms with Crippen molar-refractivity contribution in [3.63, 3.8) is 0 Å². The lowest BCUT2D eigenvalue weighted by Gasteiger charge is -2.26. The van der Waals surface area contributed by atoms with Gasteiger partial charge in [-0.25, -0.2) is 9.59 Å². The van der Waals surface area contributed by atoms with E-state index in [1.807, 2.05) is 0 Å². The van der Waals surface area contributed by atoms with Crippen LogP contribution in [0.1, 0.15) is 19.4 Å². The fraction of sp³-hybridized carbons (Fsp3) is 0.286. The minimum Gasteiger partial charge on any atom is -0.508 e. The summed E-state index contributed by atoms with van der Waals surface area (Å²) < 4.78 is 5.02. The van der Waals surface area contributed by atoms with E-state index in [0.717, 1.165) is 0 Å². The summed E-state index contributed by atoms with van der Waals surface area (Å²) in [5.74, 6) is -0.365. The van der Waals surface area contributed by atoms with E-state index in [-0.39, 0.29) is 18.4 Å². The normalized spacial score (nSPS) is 18.3. The number of carbonyl (C=O) groups excluding carboxylic acids is 2. The lowest BCUT2D eigenvalue weighted by atomic mass is 9.99. The van der Waals surface area contributed by atoms with Crippen LogP contribution in [-0.2, 0) is 9.53 Å². The Morgan fingerprint density at radius 2 is 2.00 bits per heavy atom. The zero-order chi connectivity index (χ0) is 14.7. The fourth-order valence-corrected chi connectivity index (χ4v) is 2.05. The molecular formula is C14H16N2O4. The molecule has 3 N–H and O–H groups in total. The first kappa shape index (κ1) is 13.9. The molecule has 0 radical (unpaired) electrons. The molecule has 6 nitrogen and oxygen atoms in total. The van der Waals surface area contributed by atoms with Gasteiger partial charge in [0.2, 0.25) is 0 Å². The second-order valence-corrected chi connectivity index (χ2v) is 4.38. The van der Waals surface area contributed by atoms with Crippen LogP contribution in [0, 0.1) is 0 Å². The zero-order valence-corrected chi connectivity index (χ0v) is 11.3. The van der Waals surface area contributed by atoms with Crippen molar-refractivity contribution < 1.29 is 19.4 Å². The van der Waals surface area contributed by atoms with Gasteiger partial charge in [-0.2, -0.15) is 0 Å². The van der Waals surface area contributed by atoms with E-state index in [1.165, 1.54) is 12.1 Å². The van der Waals surface area contributed by atoms with Gasteiger partial charge in [-0.15, -0.1) is 0 Å². The third kappa shape index (κ3) is 2.74. The van der Waals surface area contributed by atoms with Crippen LogP contribution in [0.5, 0.6) is 5.75 Å². The molecule has 1 aliphatic rings. The highest BCUT2D eigenvalue weighted by molar-refractivity contribution is 6.04. The SMILES string of the molecule is CCOC(=O)C1=C(c2ccc(O)cc2)NC(=O)N[C@H]1C. The number of rotatable bonds is 3. The average molecular weight is 276 g/mol. The number of esters is 1. The van der Waals surface area contributed by atoms with Gasteiger partial charge in [-0.05, 0) is 43.7 Å². The second-order valence-electron chi connectivity index (χ2n) is 4.38. The third-order valence-corrected chi connectivity index (χ3v) is 2.94. The Balaban J connectivity index is 2.50. The van der Waals surface area contributed by atoms with Crippen molar-refractivity contribution in [3.8, 4) is 5.75 Å². The van der Waals surface area contributed by atoms with Crippen LogP contribution in [0.4, 0.5) is 4.79 Å². The third-order valence-electron chi connectivity index (χ3n) is 2.94. The highest BCUT2D eigenvalue weighted by Crippen LogP contribution is 2.24. The van der Waals surface area contributed by atoms with Gasteiger partial charge in [0.1, 0.15) is 5.75 Å². The molecule has 2 rings (SSSR count). The molecule has 20 heavy (non-hydrogen) atoms. The second kappa shape index (κ2) is 5.64. The molecular weight excluding hydrogens is 260 g/mol. The Kier molecular flexibility index (Phi) is 3.93. The van der Waals surface area contributed by atoms with Gasteiger partial charge in [-0.3, -0.25) is 0 Å². The number of benzene rings is 1. The van der Waals surface area contributed by atoms with Crippen molar-refractivity contribution in [1.82, 2.24) is 10.6 Å². The summed E-state index contributed by atoms with van der Waals surface area (Å²) in [6.45, 7) is 3.69. The van der Waals surface area contributed by atoms with Crippen LogP contribution in [0.25, 0.3) is 5.70 Å². The number of nitrogens with one attached hydrogen (secondary N) is 2. The largest absolute Gasteiger partial charge is 0.508 e. The summed E-state index contributed by atoms with van der Waals surface area (Å²) in [6, 6.07) is 5.40. The molecule has 1 atom stereocenters. The molecule has 0 fully saturated rings. The molecule has 1 aliphatic heterocycles. The van der Waals surface area contributed by atoms with Crippen molar-refractivity contribution >= 4 is 17.7 Å². The molecule has 6 heteroatoms. The van der Waals surface area contributed by atoms with Crippen molar-refractivity contribution in [1.29, 1.82) is 0 Å². The summed E-state index contributed by atoms with van der Waals surface area (Å²) in [5.41, 5.74) is 1.39. The first-order valence-corrected chi connectivity index (χ1v) is 6.31. The molecule has 1 aromatic rings. The molecule has 0 spiro atoms. The Hall–Kier alpha value is -2.50. The number of ether oxygens (including phenoxy) is 1.